The molecule has 4 rings (SSSR count). The maximum Gasteiger partial charge on any atom is 0.223 e. The highest BCUT2D eigenvalue weighted by Gasteiger charge is 2.33. The smallest absolute Gasteiger partial charge is 0.223 e. The third-order valence-electron chi connectivity index (χ3n) is 5.65. The fourth-order valence-electron chi connectivity index (χ4n) is 4.04. The second kappa shape index (κ2) is 8.68. The highest BCUT2D eigenvalue weighted by atomic mass is 16.5. The van der Waals surface area contributed by atoms with E-state index >= 15 is 0 Å². The number of nitrogens with zero attached hydrogens (tertiary/aromatic N) is 3. The van der Waals surface area contributed by atoms with Gasteiger partial charge in [-0.3, -0.25) is 4.79 Å². The minimum Gasteiger partial charge on any atom is -0.492 e. The molecule has 152 valence electrons. The zero-order chi connectivity index (χ0) is 20.2. The Morgan fingerprint density at radius 2 is 1.90 bits per heavy atom. The summed E-state index contributed by atoms with van der Waals surface area (Å²) in [6, 6.07) is 16.3. The molecule has 2 aromatic carbocycles. The fraction of sp³-hybridized carbons (Fsp3) is 0.417. The van der Waals surface area contributed by atoms with Crippen LogP contribution >= 0.6 is 0 Å². The standard InChI is InChI=1S/C24H29N3O2/c1-3-4-13-26-17-19(16-23(26)28)24-25-21-7-5-6-8-22(21)27(24)14-15-29-20-11-9-18(2)10-12-20/h5-12,19H,3-4,13-17H2,1-2H3/t19-/m1/s1. The lowest BCUT2D eigenvalue weighted by Crippen LogP contribution is -2.26. The van der Waals surface area contributed by atoms with Crippen LogP contribution in [-0.2, 0) is 11.3 Å². The largest absolute Gasteiger partial charge is 0.492 e. The van der Waals surface area contributed by atoms with E-state index in [1.54, 1.807) is 0 Å². The Bertz CT molecular complexity index is 977. The molecule has 0 unspecified atom stereocenters. The quantitative estimate of drug-likeness (QED) is 0.566. The van der Waals surface area contributed by atoms with E-state index in [9.17, 15) is 4.79 Å². The molecule has 1 saturated heterocycles. The number of para-hydroxylation sites is 2. The van der Waals surface area contributed by atoms with Gasteiger partial charge in [0.05, 0.1) is 17.6 Å². The summed E-state index contributed by atoms with van der Waals surface area (Å²) in [5, 5.41) is 0. The Labute approximate surface area is 172 Å². The van der Waals surface area contributed by atoms with Crippen molar-refractivity contribution in [2.75, 3.05) is 19.7 Å². The van der Waals surface area contributed by atoms with Gasteiger partial charge >= 0.3 is 0 Å². The van der Waals surface area contributed by atoms with Crippen molar-refractivity contribution < 1.29 is 9.53 Å². The van der Waals surface area contributed by atoms with Crippen LogP contribution in [0.2, 0.25) is 0 Å². The molecule has 3 aromatic rings. The molecule has 0 aliphatic carbocycles. The molecule has 5 nitrogen and oxygen atoms in total. The van der Waals surface area contributed by atoms with E-state index in [0.29, 0.717) is 19.6 Å². The second-order valence-corrected chi connectivity index (χ2v) is 7.87. The van der Waals surface area contributed by atoms with Gasteiger partial charge in [0.1, 0.15) is 18.2 Å². The number of ether oxygens (including phenoxy) is 1. The molecule has 1 aliphatic heterocycles. The van der Waals surface area contributed by atoms with E-state index < -0.39 is 0 Å². The van der Waals surface area contributed by atoms with Crippen LogP contribution < -0.4 is 4.74 Å². The Balaban J connectivity index is 1.53. The van der Waals surface area contributed by atoms with Crippen molar-refractivity contribution in [3.05, 3.63) is 59.9 Å². The third-order valence-corrected chi connectivity index (χ3v) is 5.65. The summed E-state index contributed by atoms with van der Waals surface area (Å²) >= 11 is 0. The Hall–Kier alpha value is -2.82. The molecular formula is C24H29N3O2. The van der Waals surface area contributed by atoms with E-state index in [1.165, 1.54) is 5.56 Å². The van der Waals surface area contributed by atoms with Crippen LogP contribution in [0.15, 0.2) is 48.5 Å². The molecule has 0 N–H and O–H groups in total. The average molecular weight is 392 g/mol. The molecule has 1 atom stereocenters. The van der Waals surface area contributed by atoms with Crippen LogP contribution in [0.3, 0.4) is 0 Å². The number of carbonyl (C=O) groups is 1. The molecule has 2 heterocycles. The van der Waals surface area contributed by atoms with Crippen LogP contribution in [0.25, 0.3) is 11.0 Å². The van der Waals surface area contributed by atoms with Crippen LogP contribution in [0.5, 0.6) is 5.75 Å². The van der Waals surface area contributed by atoms with E-state index in [2.05, 4.69) is 36.6 Å². The van der Waals surface area contributed by atoms with Gasteiger partial charge in [-0.05, 0) is 37.6 Å². The van der Waals surface area contributed by atoms with Gasteiger partial charge in [-0.1, -0.05) is 43.2 Å². The number of fused-ring (bicyclic) bond motifs is 1. The Morgan fingerprint density at radius 3 is 2.69 bits per heavy atom. The lowest BCUT2D eigenvalue weighted by molar-refractivity contribution is -0.127. The Kier molecular flexibility index (Phi) is 5.84. The number of aromatic nitrogens is 2. The number of aryl methyl sites for hydroxylation is 1. The summed E-state index contributed by atoms with van der Waals surface area (Å²) in [5.41, 5.74) is 3.31. The summed E-state index contributed by atoms with van der Waals surface area (Å²) in [6.45, 7) is 7.12. The van der Waals surface area contributed by atoms with Crippen molar-refractivity contribution in [1.82, 2.24) is 14.5 Å². The van der Waals surface area contributed by atoms with Gasteiger partial charge in [-0.15, -0.1) is 0 Å². The fourth-order valence-corrected chi connectivity index (χ4v) is 4.04. The van der Waals surface area contributed by atoms with Gasteiger partial charge in [-0.2, -0.15) is 0 Å². The zero-order valence-electron chi connectivity index (χ0n) is 17.3. The first-order chi connectivity index (χ1) is 14.2. The highest BCUT2D eigenvalue weighted by Crippen LogP contribution is 2.30. The molecular weight excluding hydrogens is 362 g/mol. The van der Waals surface area contributed by atoms with Gasteiger partial charge < -0.3 is 14.2 Å². The molecule has 0 saturated carbocycles. The van der Waals surface area contributed by atoms with Crippen molar-refractivity contribution in [1.29, 1.82) is 0 Å². The summed E-state index contributed by atoms with van der Waals surface area (Å²) in [6.07, 6.45) is 2.70. The number of benzene rings is 2. The number of likely N-dealkylation sites (tertiary alicyclic amines) is 1. The monoisotopic (exact) mass is 391 g/mol. The normalized spacial score (nSPS) is 16.7. The lowest BCUT2D eigenvalue weighted by atomic mass is 10.1. The third kappa shape index (κ3) is 4.29. The number of imidazole rings is 1. The molecule has 1 aliphatic rings. The number of rotatable bonds is 8. The molecule has 0 radical (unpaired) electrons. The average Bonchev–Trinajstić information content (AvgIpc) is 3.28. The van der Waals surface area contributed by atoms with Crippen molar-refractivity contribution >= 4 is 16.9 Å². The van der Waals surface area contributed by atoms with Crippen molar-refractivity contribution in [2.24, 2.45) is 0 Å². The van der Waals surface area contributed by atoms with Crippen LogP contribution in [0.1, 0.15) is 43.5 Å². The van der Waals surface area contributed by atoms with Crippen molar-refractivity contribution in [3.63, 3.8) is 0 Å². The van der Waals surface area contributed by atoms with E-state index in [0.717, 1.165) is 48.5 Å². The first-order valence-corrected chi connectivity index (χ1v) is 10.6. The predicted octanol–water partition coefficient (Wildman–Crippen LogP) is 4.54. The molecule has 29 heavy (non-hydrogen) atoms. The predicted molar refractivity (Wildman–Crippen MR) is 115 cm³/mol. The maximum atomic E-state index is 12.5. The van der Waals surface area contributed by atoms with Crippen molar-refractivity contribution in [3.8, 4) is 5.75 Å². The second-order valence-electron chi connectivity index (χ2n) is 7.87. The van der Waals surface area contributed by atoms with E-state index in [-0.39, 0.29) is 11.8 Å². The molecule has 1 amide bonds. The molecule has 0 spiro atoms. The van der Waals surface area contributed by atoms with Gasteiger partial charge in [0.2, 0.25) is 5.91 Å². The van der Waals surface area contributed by atoms with Crippen LogP contribution in [0.4, 0.5) is 0 Å². The molecule has 1 fully saturated rings. The van der Waals surface area contributed by atoms with Gasteiger partial charge in [0.15, 0.2) is 0 Å². The summed E-state index contributed by atoms with van der Waals surface area (Å²) in [7, 11) is 0. The summed E-state index contributed by atoms with van der Waals surface area (Å²) in [5.74, 6) is 2.28. The topological polar surface area (TPSA) is 47.4 Å². The first kappa shape index (κ1) is 19.5. The number of hydrogen-bond acceptors (Lipinski definition) is 3. The number of amides is 1. The van der Waals surface area contributed by atoms with Crippen molar-refractivity contribution in [2.45, 2.75) is 45.6 Å². The maximum absolute atomic E-state index is 12.5. The molecule has 0 bridgehead atoms. The lowest BCUT2D eigenvalue weighted by Gasteiger charge is -2.17. The van der Waals surface area contributed by atoms with Gasteiger partial charge in [-0.25, -0.2) is 4.98 Å². The Morgan fingerprint density at radius 1 is 1.10 bits per heavy atom. The molecule has 5 heteroatoms. The minimum atomic E-state index is 0.145. The molecule has 1 aromatic heterocycles. The zero-order valence-corrected chi connectivity index (χ0v) is 17.3. The van der Waals surface area contributed by atoms with Crippen LogP contribution in [-0.4, -0.2) is 40.1 Å². The minimum absolute atomic E-state index is 0.145. The van der Waals surface area contributed by atoms with Gasteiger partial charge in [0, 0.05) is 25.4 Å². The number of unbranched alkanes of at least 4 members (excludes halogenated alkanes) is 1. The summed E-state index contributed by atoms with van der Waals surface area (Å²) < 4.78 is 8.21. The van der Waals surface area contributed by atoms with E-state index in [1.807, 2.05) is 35.2 Å². The number of carbonyl (C=O) groups excluding carboxylic acids is 1. The SMILES string of the molecule is CCCCN1C[C@H](c2nc3ccccc3n2CCOc2ccc(C)cc2)CC1=O. The van der Waals surface area contributed by atoms with E-state index in [4.69, 9.17) is 9.72 Å². The number of hydrogen-bond donors (Lipinski definition) is 0. The highest BCUT2D eigenvalue weighted by molar-refractivity contribution is 5.80. The van der Waals surface area contributed by atoms with Crippen LogP contribution in [0, 0.1) is 6.92 Å². The van der Waals surface area contributed by atoms with Gasteiger partial charge in [0.25, 0.3) is 0 Å². The summed E-state index contributed by atoms with van der Waals surface area (Å²) in [4.78, 5) is 19.4. The first-order valence-electron chi connectivity index (χ1n) is 10.6.